The average Bonchev–Trinajstić information content (AvgIpc) is 2.58. The van der Waals surface area contributed by atoms with Crippen LogP contribution in [0.1, 0.15) is 0 Å². The van der Waals surface area contributed by atoms with Gasteiger partial charge in [0.2, 0.25) is 0 Å². The van der Waals surface area contributed by atoms with E-state index in [0.717, 1.165) is 5.75 Å². The van der Waals surface area contributed by atoms with Crippen LogP contribution in [-0.4, -0.2) is 27.3 Å². The van der Waals surface area contributed by atoms with Crippen LogP contribution in [0.25, 0.3) is 0 Å². The van der Waals surface area contributed by atoms with Crippen molar-refractivity contribution in [2.24, 2.45) is 0 Å². The zero-order valence-corrected chi connectivity index (χ0v) is 14.5. The Morgan fingerprint density at radius 2 is 1.00 bits per heavy atom. The Hall–Kier alpha value is -1.72. The van der Waals surface area contributed by atoms with Crippen molar-refractivity contribution in [3.63, 3.8) is 0 Å². The van der Waals surface area contributed by atoms with Crippen molar-refractivity contribution in [3.8, 4) is 5.75 Å². The molecule has 104 valence electrons. The zero-order chi connectivity index (χ0) is 14.5. The molecule has 3 aromatic carbocycles. The van der Waals surface area contributed by atoms with E-state index in [1.165, 1.54) is 10.5 Å². The van der Waals surface area contributed by atoms with Gasteiger partial charge in [0.05, 0.1) is 0 Å². The van der Waals surface area contributed by atoms with E-state index < -0.39 is 20.2 Å². The topological polar surface area (TPSA) is 9.23 Å². The third-order valence-electron chi connectivity index (χ3n) is 3.36. The van der Waals surface area contributed by atoms with Gasteiger partial charge in [-0.05, 0) is 0 Å². The van der Waals surface area contributed by atoms with Gasteiger partial charge in [0.15, 0.2) is 0 Å². The Morgan fingerprint density at radius 1 is 0.571 bits per heavy atom. The van der Waals surface area contributed by atoms with Gasteiger partial charge < -0.3 is 0 Å². The van der Waals surface area contributed by atoms with Gasteiger partial charge in [-0.15, -0.1) is 0 Å². The van der Waals surface area contributed by atoms with Crippen molar-refractivity contribution >= 4 is 30.7 Å². The van der Waals surface area contributed by atoms with Crippen molar-refractivity contribution in [1.82, 2.24) is 0 Å². The SMILES string of the molecule is COc1cc[c]([Sb]([c]2ccccc2)[c]2ccccc2)cc1. The minimum atomic E-state index is -1.92. The van der Waals surface area contributed by atoms with E-state index in [9.17, 15) is 0 Å². The fourth-order valence-electron chi connectivity index (χ4n) is 2.33. The first-order valence-corrected chi connectivity index (χ1v) is 10.8. The maximum absolute atomic E-state index is 5.28. The molecular formula is C19H17OSb. The van der Waals surface area contributed by atoms with E-state index in [1.807, 2.05) is 0 Å². The molecule has 2 heteroatoms. The van der Waals surface area contributed by atoms with Crippen LogP contribution in [0.4, 0.5) is 0 Å². The summed E-state index contributed by atoms with van der Waals surface area (Å²) >= 11 is -1.92. The molecule has 0 atom stereocenters. The summed E-state index contributed by atoms with van der Waals surface area (Å²) < 4.78 is 9.70. The molecule has 0 amide bonds. The van der Waals surface area contributed by atoms with E-state index in [4.69, 9.17) is 4.74 Å². The maximum atomic E-state index is 5.28. The standard InChI is InChI=1S/C7H7O.2C6H5.Sb/c1-8-7-5-3-2-4-6-7;2*1-2-4-6-5-3-1;/h3-6H,1H3;2*1-5H;. The number of methoxy groups -OCH3 is 1. The second-order valence-electron chi connectivity index (χ2n) is 4.70. The summed E-state index contributed by atoms with van der Waals surface area (Å²) in [7, 11) is 1.71. The summed E-state index contributed by atoms with van der Waals surface area (Å²) in [5, 5.41) is 0. The van der Waals surface area contributed by atoms with Gasteiger partial charge in [-0.25, -0.2) is 0 Å². The molecule has 0 heterocycles. The number of rotatable bonds is 4. The monoisotopic (exact) mass is 382 g/mol. The van der Waals surface area contributed by atoms with E-state index in [0.29, 0.717) is 0 Å². The minimum absolute atomic E-state index is 0.917. The molecule has 0 fully saturated rings. The summed E-state index contributed by atoms with van der Waals surface area (Å²) in [5.41, 5.74) is 0. The van der Waals surface area contributed by atoms with Crippen LogP contribution in [0.3, 0.4) is 0 Å². The van der Waals surface area contributed by atoms with Crippen LogP contribution in [0.5, 0.6) is 5.75 Å². The summed E-state index contributed by atoms with van der Waals surface area (Å²) in [5.74, 6) is 0.917. The van der Waals surface area contributed by atoms with Crippen molar-refractivity contribution in [2.45, 2.75) is 0 Å². The van der Waals surface area contributed by atoms with Crippen LogP contribution < -0.4 is 15.3 Å². The number of hydrogen-bond acceptors (Lipinski definition) is 1. The van der Waals surface area contributed by atoms with Gasteiger partial charge in [-0.2, -0.15) is 0 Å². The molecule has 0 aromatic heterocycles. The van der Waals surface area contributed by atoms with E-state index in [2.05, 4.69) is 84.9 Å². The van der Waals surface area contributed by atoms with Crippen LogP contribution in [0, 0.1) is 0 Å². The van der Waals surface area contributed by atoms with E-state index >= 15 is 0 Å². The molecule has 1 nitrogen and oxygen atoms in total. The van der Waals surface area contributed by atoms with Crippen LogP contribution in [0.2, 0.25) is 0 Å². The van der Waals surface area contributed by atoms with Crippen molar-refractivity contribution in [2.75, 3.05) is 7.11 Å². The van der Waals surface area contributed by atoms with E-state index in [1.54, 1.807) is 7.11 Å². The summed E-state index contributed by atoms with van der Waals surface area (Å²) in [6, 6.07) is 30.4. The summed E-state index contributed by atoms with van der Waals surface area (Å²) in [6.07, 6.45) is 0. The van der Waals surface area contributed by atoms with Crippen LogP contribution in [-0.2, 0) is 0 Å². The van der Waals surface area contributed by atoms with Crippen molar-refractivity contribution in [1.29, 1.82) is 0 Å². The Morgan fingerprint density at radius 3 is 1.43 bits per heavy atom. The molecule has 0 radical (unpaired) electrons. The predicted molar refractivity (Wildman–Crippen MR) is 90.5 cm³/mol. The summed E-state index contributed by atoms with van der Waals surface area (Å²) in [4.78, 5) is 0. The fourth-order valence-corrected chi connectivity index (χ4v) is 8.85. The van der Waals surface area contributed by atoms with Gasteiger partial charge in [-0.1, -0.05) is 0 Å². The second-order valence-corrected chi connectivity index (χ2v) is 11.0. The van der Waals surface area contributed by atoms with Gasteiger partial charge in [0.1, 0.15) is 0 Å². The molecule has 0 aliphatic rings. The molecule has 21 heavy (non-hydrogen) atoms. The average molecular weight is 383 g/mol. The van der Waals surface area contributed by atoms with Crippen LogP contribution >= 0.6 is 0 Å². The Balaban J connectivity index is 2.07. The third-order valence-corrected chi connectivity index (χ3v) is 10.3. The molecule has 3 aromatic rings. The Bertz CT molecular complexity index is 638. The molecule has 0 bridgehead atoms. The first-order valence-electron chi connectivity index (χ1n) is 6.93. The van der Waals surface area contributed by atoms with Crippen LogP contribution in [0.15, 0.2) is 84.9 Å². The number of benzene rings is 3. The Kier molecular flexibility index (Phi) is 4.62. The first kappa shape index (κ1) is 14.2. The van der Waals surface area contributed by atoms with Gasteiger partial charge in [0.25, 0.3) is 0 Å². The predicted octanol–water partition coefficient (Wildman–Crippen LogP) is 2.21. The molecule has 3 rings (SSSR count). The molecule has 0 unspecified atom stereocenters. The molecule has 0 aliphatic heterocycles. The molecule has 0 saturated carbocycles. The quantitative estimate of drug-likeness (QED) is 0.628. The van der Waals surface area contributed by atoms with Gasteiger partial charge >= 0.3 is 133 Å². The van der Waals surface area contributed by atoms with Crippen molar-refractivity contribution in [3.05, 3.63) is 84.9 Å². The molecule has 0 N–H and O–H groups in total. The van der Waals surface area contributed by atoms with Gasteiger partial charge in [0, 0.05) is 0 Å². The van der Waals surface area contributed by atoms with Crippen molar-refractivity contribution < 1.29 is 4.74 Å². The number of hydrogen-bond donors (Lipinski definition) is 0. The molecule has 0 saturated heterocycles. The first-order chi connectivity index (χ1) is 10.4. The normalized spacial score (nSPS) is 10.6. The summed E-state index contributed by atoms with van der Waals surface area (Å²) in [6.45, 7) is 0. The Labute approximate surface area is 133 Å². The fraction of sp³-hybridized carbons (Fsp3) is 0.0526. The molecular weight excluding hydrogens is 366 g/mol. The third kappa shape index (κ3) is 3.31. The second kappa shape index (κ2) is 6.82. The zero-order valence-electron chi connectivity index (χ0n) is 11.9. The van der Waals surface area contributed by atoms with Gasteiger partial charge in [-0.3, -0.25) is 0 Å². The number of ether oxygens (including phenoxy) is 1. The molecule has 0 aliphatic carbocycles. The molecule has 0 spiro atoms. The van der Waals surface area contributed by atoms with E-state index in [-0.39, 0.29) is 0 Å².